The third kappa shape index (κ3) is 2.68. The van der Waals surface area contributed by atoms with Crippen LogP contribution in [0.4, 0.5) is 5.69 Å². The number of nitrogens with zero attached hydrogens (tertiary/aromatic N) is 2. The van der Waals surface area contributed by atoms with Gasteiger partial charge in [0.25, 0.3) is 5.91 Å². The molecule has 5 heteroatoms. The van der Waals surface area contributed by atoms with Crippen molar-refractivity contribution in [3.8, 4) is 0 Å². The molecule has 2 rings (SSSR count). The van der Waals surface area contributed by atoms with Crippen molar-refractivity contribution in [1.29, 1.82) is 0 Å². The predicted octanol–water partition coefficient (Wildman–Crippen LogP) is 1.39. The van der Waals surface area contributed by atoms with E-state index in [-0.39, 0.29) is 5.91 Å². The van der Waals surface area contributed by atoms with Gasteiger partial charge in [0, 0.05) is 37.7 Å². The number of hydrogen-bond donors (Lipinski definition) is 2. The van der Waals surface area contributed by atoms with Gasteiger partial charge in [0.15, 0.2) is 0 Å². The molecule has 5 nitrogen and oxygen atoms in total. The maximum absolute atomic E-state index is 11.4. The van der Waals surface area contributed by atoms with E-state index in [1.54, 1.807) is 25.4 Å². The molecule has 1 aromatic heterocycles. The van der Waals surface area contributed by atoms with Crippen molar-refractivity contribution in [2.45, 2.75) is 6.54 Å². The van der Waals surface area contributed by atoms with Gasteiger partial charge in [-0.3, -0.25) is 4.79 Å². The molecule has 0 atom stereocenters. The summed E-state index contributed by atoms with van der Waals surface area (Å²) in [5.74, 6) is 0.885. The standard InChI is InChI=1S/C13H16N4O/c1-14-13(18)10-3-5-11(6-4-10)16-9-12-15-7-8-17(12)2/h3-8,16H,9H2,1-2H3,(H,14,18). The third-order valence-electron chi connectivity index (χ3n) is 2.75. The van der Waals surface area contributed by atoms with E-state index in [0.29, 0.717) is 12.1 Å². The van der Waals surface area contributed by atoms with Crippen LogP contribution in [0, 0.1) is 0 Å². The van der Waals surface area contributed by atoms with Gasteiger partial charge < -0.3 is 15.2 Å². The number of amides is 1. The number of nitrogens with one attached hydrogen (secondary N) is 2. The molecule has 18 heavy (non-hydrogen) atoms. The van der Waals surface area contributed by atoms with Crippen LogP contribution < -0.4 is 10.6 Å². The molecule has 0 spiro atoms. The van der Waals surface area contributed by atoms with Crippen LogP contribution in [0.2, 0.25) is 0 Å². The van der Waals surface area contributed by atoms with Gasteiger partial charge in [0.05, 0.1) is 6.54 Å². The monoisotopic (exact) mass is 244 g/mol. The van der Waals surface area contributed by atoms with Crippen molar-refractivity contribution >= 4 is 11.6 Å². The largest absolute Gasteiger partial charge is 0.378 e. The first kappa shape index (κ1) is 12.2. The molecule has 0 aliphatic rings. The fourth-order valence-corrected chi connectivity index (χ4v) is 1.63. The fraction of sp³-hybridized carbons (Fsp3) is 0.231. The van der Waals surface area contributed by atoms with E-state index in [1.807, 2.05) is 29.9 Å². The number of carbonyl (C=O) groups excluding carboxylic acids is 1. The first-order valence-electron chi connectivity index (χ1n) is 5.73. The van der Waals surface area contributed by atoms with Gasteiger partial charge >= 0.3 is 0 Å². The molecule has 0 fully saturated rings. The second kappa shape index (κ2) is 5.35. The molecule has 0 saturated heterocycles. The van der Waals surface area contributed by atoms with Crippen LogP contribution in [0.5, 0.6) is 0 Å². The van der Waals surface area contributed by atoms with Crippen molar-refractivity contribution in [3.63, 3.8) is 0 Å². The minimum Gasteiger partial charge on any atom is -0.378 e. The van der Waals surface area contributed by atoms with Crippen molar-refractivity contribution in [3.05, 3.63) is 48.0 Å². The van der Waals surface area contributed by atoms with Crippen molar-refractivity contribution < 1.29 is 4.79 Å². The van der Waals surface area contributed by atoms with Crippen molar-refractivity contribution in [1.82, 2.24) is 14.9 Å². The number of imidazole rings is 1. The first-order valence-corrected chi connectivity index (χ1v) is 5.73. The van der Waals surface area contributed by atoms with Gasteiger partial charge in [-0.2, -0.15) is 0 Å². The molecule has 1 heterocycles. The second-order valence-electron chi connectivity index (χ2n) is 3.96. The summed E-state index contributed by atoms with van der Waals surface area (Å²) in [5.41, 5.74) is 1.62. The van der Waals surface area contributed by atoms with Gasteiger partial charge in [-0.25, -0.2) is 4.98 Å². The maximum Gasteiger partial charge on any atom is 0.251 e. The Labute approximate surface area is 106 Å². The Morgan fingerprint density at radius 3 is 2.61 bits per heavy atom. The minimum atomic E-state index is -0.0781. The van der Waals surface area contributed by atoms with E-state index < -0.39 is 0 Å². The van der Waals surface area contributed by atoms with Gasteiger partial charge in [-0.05, 0) is 24.3 Å². The highest BCUT2D eigenvalue weighted by Crippen LogP contribution is 2.10. The molecule has 0 aliphatic carbocycles. The summed E-state index contributed by atoms with van der Waals surface area (Å²) in [4.78, 5) is 15.6. The summed E-state index contributed by atoms with van der Waals surface area (Å²) in [6.45, 7) is 0.656. The van der Waals surface area contributed by atoms with Gasteiger partial charge in [-0.1, -0.05) is 0 Å². The lowest BCUT2D eigenvalue weighted by atomic mass is 10.2. The Balaban J connectivity index is 1.98. The van der Waals surface area contributed by atoms with Crippen LogP contribution in [0.15, 0.2) is 36.7 Å². The lowest BCUT2D eigenvalue weighted by Crippen LogP contribution is -2.17. The highest BCUT2D eigenvalue weighted by molar-refractivity contribution is 5.94. The molecular weight excluding hydrogens is 228 g/mol. The molecule has 2 N–H and O–H groups in total. The van der Waals surface area contributed by atoms with Crippen LogP contribution in [0.1, 0.15) is 16.2 Å². The molecule has 0 aliphatic heterocycles. The third-order valence-corrected chi connectivity index (χ3v) is 2.75. The molecule has 0 radical (unpaired) electrons. The van der Waals surface area contributed by atoms with Crippen LogP contribution in [0.25, 0.3) is 0 Å². The Kier molecular flexibility index (Phi) is 3.62. The molecular formula is C13H16N4O. The molecule has 0 bridgehead atoms. The van der Waals surface area contributed by atoms with Gasteiger partial charge in [0.1, 0.15) is 5.82 Å². The second-order valence-corrected chi connectivity index (χ2v) is 3.96. The molecule has 0 saturated carbocycles. The predicted molar refractivity (Wildman–Crippen MR) is 70.4 cm³/mol. The number of rotatable bonds is 4. The average molecular weight is 244 g/mol. The smallest absolute Gasteiger partial charge is 0.251 e. The first-order chi connectivity index (χ1) is 8.70. The zero-order chi connectivity index (χ0) is 13.0. The number of aryl methyl sites for hydroxylation is 1. The topological polar surface area (TPSA) is 59.0 Å². The van der Waals surface area contributed by atoms with E-state index >= 15 is 0 Å². The van der Waals surface area contributed by atoms with E-state index in [4.69, 9.17) is 0 Å². The highest BCUT2D eigenvalue weighted by atomic mass is 16.1. The van der Waals surface area contributed by atoms with Crippen molar-refractivity contribution in [2.75, 3.05) is 12.4 Å². The van der Waals surface area contributed by atoms with E-state index in [9.17, 15) is 4.79 Å². The quantitative estimate of drug-likeness (QED) is 0.854. The summed E-state index contributed by atoms with van der Waals surface area (Å²) >= 11 is 0. The molecule has 2 aromatic rings. The number of hydrogen-bond acceptors (Lipinski definition) is 3. The van der Waals surface area contributed by atoms with Gasteiger partial charge in [-0.15, -0.1) is 0 Å². The number of carbonyl (C=O) groups is 1. The average Bonchev–Trinajstić information content (AvgIpc) is 2.81. The lowest BCUT2D eigenvalue weighted by molar-refractivity contribution is 0.0963. The highest BCUT2D eigenvalue weighted by Gasteiger charge is 2.03. The van der Waals surface area contributed by atoms with Crippen molar-refractivity contribution in [2.24, 2.45) is 7.05 Å². The lowest BCUT2D eigenvalue weighted by Gasteiger charge is -2.07. The maximum atomic E-state index is 11.4. The zero-order valence-corrected chi connectivity index (χ0v) is 10.5. The summed E-state index contributed by atoms with van der Waals surface area (Å²) in [6, 6.07) is 7.35. The van der Waals surface area contributed by atoms with Gasteiger partial charge in [0.2, 0.25) is 0 Å². The molecule has 1 aromatic carbocycles. The number of benzene rings is 1. The van der Waals surface area contributed by atoms with Crippen LogP contribution in [-0.4, -0.2) is 22.5 Å². The Bertz CT molecular complexity index is 530. The normalized spacial score (nSPS) is 10.1. The molecule has 0 unspecified atom stereocenters. The fourth-order valence-electron chi connectivity index (χ4n) is 1.63. The minimum absolute atomic E-state index is 0.0781. The van der Waals surface area contributed by atoms with E-state index in [2.05, 4.69) is 15.6 Å². The summed E-state index contributed by atoms with van der Waals surface area (Å²) < 4.78 is 1.96. The summed E-state index contributed by atoms with van der Waals surface area (Å²) in [7, 11) is 3.58. The Morgan fingerprint density at radius 1 is 1.33 bits per heavy atom. The summed E-state index contributed by atoms with van der Waals surface area (Å²) in [6.07, 6.45) is 3.68. The van der Waals surface area contributed by atoms with E-state index in [1.165, 1.54) is 0 Å². The Hall–Kier alpha value is -2.30. The van der Waals surface area contributed by atoms with E-state index in [0.717, 1.165) is 11.5 Å². The van der Waals surface area contributed by atoms with Crippen LogP contribution in [0.3, 0.4) is 0 Å². The van der Waals surface area contributed by atoms with Crippen LogP contribution >= 0.6 is 0 Å². The SMILES string of the molecule is CNC(=O)c1ccc(NCc2nccn2C)cc1. The Morgan fingerprint density at radius 2 is 2.06 bits per heavy atom. The number of anilines is 1. The zero-order valence-electron chi connectivity index (χ0n) is 10.5. The van der Waals surface area contributed by atoms with Crippen LogP contribution in [-0.2, 0) is 13.6 Å². The molecule has 94 valence electrons. The molecule has 1 amide bonds. The summed E-state index contributed by atoms with van der Waals surface area (Å²) in [5, 5.41) is 5.85. The number of aromatic nitrogens is 2.